The molecule has 66 valence electrons. The molecule has 0 aliphatic carbocycles. The smallest absolute Gasteiger partial charge is 0.219 e. The molecule has 0 bridgehead atoms. The third kappa shape index (κ3) is 4.30. The highest BCUT2D eigenvalue weighted by Crippen LogP contribution is 2.05. The van der Waals surface area contributed by atoms with Gasteiger partial charge >= 0.3 is 0 Å². The number of amides is 1. The maximum absolute atomic E-state index is 10.9. The van der Waals surface area contributed by atoms with Crippen molar-refractivity contribution in [3.05, 3.63) is 0 Å². The molecule has 1 unspecified atom stereocenters. The van der Waals surface area contributed by atoms with Crippen LogP contribution in [0.4, 0.5) is 0 Å². The van der Waals surface area contributed by atoms with E-state index in [9.17, 15) is 4.79 Å². The lowest BCUT2D eigenvalue weighted by atomic mass is 10.2. The van der Waals surface area contributed by atoms with E-state index in [-0.39, 0.29) is 5.91 Å². The van der Waals surface area contributed by atoms with Crippen LogP contribution in [-0.2, 0) is 4.79 Å². The molecule has 1 atom stereocenters. The summed E-state index contributed by atoms with van der Waals surface area (Å²) in [5, 5.41) is 0. The van der Waals surface area contributed by atoms with Crippen molar-refractivity contribution in [1.82, 2.24) is 4.90 Å². The van der Waals surface area contributed by atoms with Crippen LogP contribution in [0.1, 0.15) is 20.3 Å². The SMILES string of the molecule is CSCCC(C)N(C)C(C)=O. The molecule has 0 saturated heterocycles. The maximum atomic E-state index is 10.9. The predicted molar refractivity (Wildman–Crippen MR) is 50.9 cm³/mol. The molecular formula is C8H17NOS. The van der Waals surface area contributed by atoms with Gasteiger partial charge in [0.05, 0.1) is 0 Å². The average molecular weight is 175 g/mol. The van der Waals surface area contributed by atoms with E-state index in [4.69, 9.17) is 0 Å². The highest BCUT2D eigenvalue weighted by molar-refractivity contribution is 7.98. The first kappa shape index (κ1) is 10.8. The topological polar surface area (TPSA) is 20.3 Å². The van der Waals surface area contributed by atoms with Gasteiger partial charge in [0, 0.05) is 20.0 Å². The summed E-state index contributed by atoms with van der Waals surface area (Å²) in [6.07, 6.45) is 3.16. The van der Waals surface area contributed by atoms with Crippen LogP contribution < -0.4 is 0 Å². The quantitative estimate of drug-likeness (QED) is 0.647. The van der Waals surface area contributed by atoms with Gasteiger partial charge in [0.15, 0.2) is 0 Å². The van der Waals surface area contributed by atoms with E-state index in [2.05, 4.69) is 13.2 Å². The van der Waals surface area contributed by atoms with E-state index in [1.807, 2.05) is 18.8 Å². The second-order valence-corrected chi connectivity index (χ2v) is 3.75. The number of hydrogen-bond acceptors (Lipinski definition) is 2. The normalized spacial score (nSPS) is 12.7. The van der Waals surface area contributed by atoms with E-state index >= 15 is 0 Å². The number of carbonyl (C=O) groups excluding carboxylic acids is 1. The van der Waals surface area contributed by atoms with Crippen LogP contribution >= 0.6 is 11.8 Å². The maximum Gasteiger partial charge on any atom is 0.219 e. The highest BCUT2D eigenvalue weighted by Gasteiger charge is 2.09. The Morgan fingerprint density at radius 2 is 2.18 bits per heavy atom. The van der Waals surface area contributed by atoms with E-state index in [1.54, 1.807) is 11.8 Å². The Kier molecular flexibility index (Phi) is 5.38. The number of nitrogens with zero attached hydrogens (tertiary/aromatic N) is 1. The number of rotatable bonds is 4. The van der Waals surface area contributed by atoms with Crippen LogP contribution in [0.25, 0.3) is 0 Å². The van der Waals surface area contributed by atoms with Crippen LogP contribution in [0.2, 0.25) is 0 Å². The third-order valence-electron chi connectivity index (χ3n) is 1.90. The Bertz CT molecular complexity index is 127. The third-order valence-corrected chi connectivity index (χ3v) is 2.54. The summed E-state index contributed by atoms with van der Waals surface area (Å²) in [5.74, 6) is 1.28. The Morgan fingerprint density at radius 3 is 2.55 bits per heavy atom. The molecular weight excluding hydrogens is 158 g/mol. The predicted octanol–water partition coefficient (Wildman–Crippen LogP) is 1.61. The van der Waals surface area contributed by atoms with Crippen molar-refractivity contribution in [3.8, 4) is 0 Å². The standard InChI is InChI=1S/C8H17NOS/c1-7(5-6-11-4)9(3)8(2)10/h7H,5-6H2,1-4H3. The lowest BCUT2D eigenvalue weighted by Crippen LogP contribution is -2.33. The summed E-state index contributed by atoms with van der Waals surface area (Å²) in [7, 11) is 1.85. The highest BCUT2D eigenvalue weighted by atomic mass is 32.2. The second kappa shape index (κ2) is 5.47. The molecule has 0 spiro atoms. The molecule has 3 heteroatoms. The van der Waals surface area contributed by atoms with Gasteiger partial charge in [-0.3, -0.25) is 4.79 Å². The van der Waals surface area contributed by atoms with E-state index < -0.39 is 0 Å². The summed E-state index contributed by atoms with van der Waals surface area (Å²) < 4.78 is 0. The summed E-state index contributed by atoms with van der Waals surface area (Å²) in [6.45, 7) is 3.69. The van der Waals surface area contributed by atoms with Gasteiger partial charge in [-0.25, -0.2) is 0 Å². The Morgan fingerprint density at radius 1 is 1.64 bits per heavy atom. The lowest BCUT2D eigenvalue weighted by molar-refractivity contribution is -0.129. The molecule has 0 fully saturated rings. The fourth-order valence-electron chi connectivity index (χ4n) is 0.792. The first-order valence-corrected chi connectivity index (χ1v) is 5.21. The first-order chi connectivity index (χ1) is 5.09. The van der Waals surface area contributed by atoms with E-state index in [0.717, 1.165) is 12.2 Å². The molecule has 2 nitrogen and oxygen atoms in total. The zero-order chi connectivity index (χ0) is 8.85. The van der Waals surface area contributed by atoms with Gasteiger partial charge in [-0.1, -0.05) is 0 Å². The molecule has 0 N–H and O–H groups in total. The Hall–Kier alpha value is -0.180. The van der Waals surface area contributed by atoms with Crippen LogP contribution in [0.5, 0.6) is 0 Å². The van der Waals surface area contributed by atoms with Gasteiger partial charge in [0.25, 0.3) is 0 Å². The van der Waals surface area contributed by atoms with Gasteiger partial charge in [0.2, 0.25) is 5.91 Å². The lowest BCUT2D eigenvalue weighted by Gasteiger charge is -2.22. The molecule has 0 radical (unpaired) electrons. The molecule has 0 aliphatic heterocycles. The zero-order valence-electron chi connectivity index (χ0n) is 7.76. The van der Waals surface area contributed by atoms with Gasteiger partial charge in [-0.15, -0.1) is 0 Å². The number of carbonyl (C=O) groups is 1. The van der Waals surface area contributed by atoms with Crippen molar-refractivity contribution in [2.75, 3.05) is 19.1 Å². The fourth-order valence-corrected chi connectivity index (χ4v) is 1.37. The summed E-state index contributed by atoms with van der Waals surface area (Å²) in [5.41, 5.74) is 0. The summed E-state index contributed by atoms with van der Waals surface area (Å²) in [4.78, 5) is 12.7. The van der Waals surface area contributed by atoms with Crippen LogP contribution in [0.3, 0.4) is 0 Å². The van der Waals surface area contributed by atoms with Crippen LogP contribution in [0.15, 0.2) is 0 Å². The average Bonchev–Trinajstić information content (AvgIpc) is 1.98. The summed E-state index contributed by atoms with van der Waals surface area (Å²) in [6, 6.07) is 0.375. The van der Waals surface area contributed by atoms with Crippen LogP contribution in [0, 0.1) is 0 Å². The zero-order valence-corrected chi connectivity index (χ0v) is 8.57. The van der Waals surface area contributed by atoms with Gasteiger partial charge < -0.3 is 4.90 Å². The molecule has 0 rings (SSSR count). The van der Waals surface area contributed by atoms with E-state index in [0.29, 0.717) is 6.04 Å². The number of hydrogen-bond donors (Lipinski definition) is 0. The number of thioether (sulfide) groups is 1. The minimum atomic E-state index is 0.151. The Balaban J connectivity index is 3.63. The Labute approximate surface area is 73.3 Å². The minimum absolute atomic E-state index is 0.151. The second-order valence-electron chi connectivity index (χ2n) is 2.76. The molecule has 0 aliphatic rings. The van der Waals surface area contributed by atoms with Gasteiger partial charge in [0.1, 0.15) is 0 Å². The minimum Gasteiger partial charge on any atom is -0.343 e. The molecule has 0 saturated carbocycles. The van der Waals surface area contributed by atoms with Crippen molar-refractivity contribution < 1.29 is 4.79 Å². The monoisotopic (exact) mass is 175 g/mol. The molecule has 0 aromatic heterocycles. The van der Waals surface area contributed by atoms with Gasteiger partial charge in [-0.05, 0) is 25.4 Å². The van der Waals surface area contributed by atoms with Crippen molar-refractivity contribution in [2.24, 2.45) is 0 Å². The van der Waals surface area contributed by atoms with E-state index in [1.165, 1.54) is 0 Å². The van der Waals surface area contributed by atoms with Crippen molar-refractivity contribution in [2.45, 2.75) is 26.3 Å². The van der Waals surface area contributed by atoms with Gasteiger partial charge in [-0.2, -0.15) is 11.8 Å². The molecule has 0 aromatic rings. The van der Waals surface area contributed by atoms with Crippen LogP contribution in [-0.4, -0.2) is 35.9 Å². The fraction of sp³-hybridized carbons (Fsp3) is 0.875. The van der Waals surface area contributed by atoms with Crippen molar-refractivity contribution >= 4 is 17.7 Å². The molecule has 11 heavy (non-hydrogen) atoms. The molecule has 1 amide bonds. The van der Waals surface area contributed by atoms with Crippen molar-refractivity contribution in [1.29, 1.82) is 0 Å². The van der Waals surface area contributed by atoms with Crippen molar-refractivity contribution in [3.63, 3.8) is 0 Å². The molecule has 0 aromatic carbocycles. The summed E-state index contributed by atoms with van der Waals surface area (Å²) >= 11 is 1.82. The largest absolute Gasteiger partial charge is 0.343 e. The molecule has 0 heterocycles. The first-order valence-electron chi connectivity index (χ1n) is 3.82.